The maximum Gasteiger partial charge on any atom is 0.261 e. The van der Waals surface area contributed by atoms with Crippen LogP contribution in [0.15, 0.2) is 35.9 Å². The first-order valence-corrected chi connectivity index (χ1v) is 6.01. The number of hydrogen-bond donors (Lipinski definition) is 2. The van der Waals surface area contributed by atoms with Crippen molar-refractivity contribution in [3.05, 3.63) is 41.5 Å². The normalized spacial score (nSPS) is 9.79. The van der Waals surface area contributed by atoms with Crippen LogP contribution < -0.4 is 0 Å². The Balaban J connectivity index is 2.79. The molecule has 0 aliphatic carbocycles. The first-order valence-electron chi connectivity index (χ1n) is 6.01. The molecule has 1 amide bonds. The number of carbonyl (C=O) groups excluding carboxylic acids is 2. The van der Waals surface area contributed by atoms with Gasteiger partial charge in [-0.3, -0.25) is 4.79 Å². The topological polar surface area (TPSA) is 77.8 Å². The molecule has 102 valence electrons. The van der Waals surface area contributed by atoms with Crippen molar-refractivity contribution in [3.63, 3.8) is 0 Å². The third-order valence-electron chi connectivity index (χ3n) is 2.63. The minimum atomic E-state index is -0.498. The summed E-state index contributed by atoms with van der Waals surface area (Å²) < 4.78 is 0. The second kappa shape index (κ2) is 8.21. The summed E-state index contributed by atoms with van der Waals surface area (Å²) in [6.45, 7) is -0.273. The molecule has 0 fully saturated rings. The lowest BCUT2D eigenvalue weighted by atomic mass is 10.1. The Bertz CT molecular complexity index is 446. The highest BCUT2D eigenvalue weighted by molar-refractivity contribution is 6.01. The number of benzene rings is 1. The van der Waals surface area contributed by atoms with E-state index in [1.165, 1.54) is 4.90 Å². The van der Waals surface area contributed by atoms with Crippen molar-refractivity contribution in [2.24, 2.45) is 0 Å². The van der Waals surface area contributed by atoms with Crippen molar-refractivity contribution < 1.29 is 19.8 Å². The number of carbonyl (C=O) groups is 1. The lowest BCUT2D eigenvalue weighted by Gasteiger charge is -2.20. The smallest absolute Gasteiger partial charge is 0.261 e. The number of hydrogen-bond acceptors (Lipinski definition) is 4. The summed E-state index contributed by atoms with van der Waals surface area (Å²) in [5.74, 6) is 1.16. The van der Waals surface area contributed by atoms with E-state index in [9.17, 15) is 9.59 Å². The Labute approximate surface area is 111 Å². The highest BCUT2D eigenvalue weighted by Crippen LogP contribution is 2.08. The van der Waals surface area contributed by atoms with Crippen LogP contribution in [0.3, 0.4) is 0 Å². The number of nitrogens with zero attached hydrogens (tertiary/aromatic N) is 1. The maximum absolute atomic E-state index is 12.1. The Hall–Kier alpha value is -1.94. The van der Waals surface area contributed by atoms with Crippen molar-refractivity contribution >= 4 is 11.8 Å². The largest absolute Gasteiger partial charge is 0.395 e. The fourth-order valence-corrected chi connectivity index (χ4v) is 1.70. The lowest BCUT2D eigenvalue weighted by Crippen LogP contribution is -2.37. The van der Waals surface area contributed by atoms with Gasteiger partial charge in [-0.15, -0.1) is 0 Å². The molecule has 0 radical (unpaired) electrons. The molecule has 0 aliphatic heterocycles. The number of aliphatic hydroxyl groups excluding tert-OH is 2. The van der Waals surface area contributed by atoms with Gasteiger partial charge in [0.1, 0.15) is 11.5 Å². The molecule has 0 bridgehead atoms. The van der Waals surface area contributed by atoms with Gasteiger partial charge in [-0.05, 0) is 5.56 Å². The van der Waals surface area contributed by atoms with Gasteiger partial charge in [0.05, 0.1) is 13.2 Å². The van der Waals surface area contributed by atoms with Gasteiger partial charge in [0.15, 0.2) is 0 Å². The average molecular weight is 263 g/mol. The summed E-state index contributed by atoms with van der Waals surface area (Å²) in [4.78, 5) is 24.2. The Kier molecular flexibility index (Phi) is 6.53. The fraction of sp³-hybridized carbons (Fsp3) is 0.357. The van der Waals surface area contributed by atoms with Gasteiger partial charge in [0.2, 0.25) is 0 Å². The molecular formula is C14H17NO4. The summed E-state index contributed by atoms with van der Waals surface area (Å²) in [7, 11) is 0. The molecule has 5 heteroatoms. The van der Waals surface area contributed by atoms with Crippen LogP contribution in [0.1, 0.15) is 5.56 Å². The molecule has 1 aromatic rings. The second-order valence-electron chi connectivity index (χ2n) is 3.98. The predicted octanol–water partition coefficient (Wildman–Crippen LogP) is -0.200. The van der Waals surface area contributed by atoms with Crippen LogP contribution in [0.4, 0.5) is 0 Å². The van der Waals surface area contributed by atoms with Crippen LogP contribution in [0, 0.1) is 0 Å². The van der Waals surface area contributed by atoms with Crippen LogP contribution in [0.25, 0.3) is 0 Å². The summed E-state index contributed by atoms with van der Waals surface area (Å²) in [5.41, 5.74) is 0.829. The van der Waals surface area contributed by atoms with Gasteiger partial charge >= 0.3 is 0 Å². The van der Waals surface area contributed by atoms with Crippen molar-refractivity contribution in [2.45, 2.75) is 6.42 Å². The Morgan fingerprint density at radius 3 is 2.16 bits per heavy atom. The van der Waals surface area contributed by atoms with Crippen molar-refractivity contribution in [1.29, 1.82) is 0 Å². The molecular weight excluding hydrogens is 246 g/mol. The van der Waals surface area contributed by atoms with E-state index >= 15 is 0 Å². The van der Waals surface area contributed by atoms with Crippen LogP contribution in [-0.4, -0.2) is 53.3 Å². The van der Waals surface area contributed by atoms with E-state index < -0.39 is 5.91 Å². The molecule has 1 rings (SSSR count). The highest BCUT2D eigenvalue weighted by Gasteiger charge is 2.18. The van der Waals surface area contributed by atoms with Gasteiger partial charge in [0.25, 0.3) is 5.91 Å². The SMILES string of the molecule is O=C=C(Cc1ccccc1)C(=O)N(CCO)CCO. The molecule has 19 heavy (non-hydrogen) atoms. The predicted molar refractivity (Wildman–Crippen MR) is 70.1 cm³/mol. The zero-order valence-corrected chi connectivity index (χ0v) is 10.6. The average Bonchev–Trinajstić information content (AvgIpc) is 2.45. The van der Waals surface area contributed by atoms with Gasteiger partial charge in [-0.25, -0.2) is 4.79 Å². The van der Waals surface area contributed by atoms with Crippen molar-refractivity contribution in [2.75, 3.05) is 26.3 Å². The van der Waals surface area contributed by atoms with Crippen LogP contribution >= 0.6 is 0 Å². The van der Waals surface area contributed by atoms with E-state index in [1.807, 2.05) is 30.3 Å². The zero-order valence-electron chi connectivity index (χ0n) is 10.6. The first kappa shape index (κ1) is 15.1. The molecule has 0 aromatic heterocycles. The third-order valence-corrected chi connectivity index (χ3v) is 2.63. The second-order valence-corrected chi connectivity index (χ2v) is 3.98. The third kappa shape index (κ3) is 4.67. The minimum absolute atomic E-state index is 0.00639. The molecule has 0 saturated heterocycles. The molecule has 0 spiro atoms. The molecule has 0 unspecified atom stereocenters. The number of aliphatic hydroxyl groups is 2. The maximum atomic E-state index is 12.1. The number of amides is 1. The van der Waals surface area contributed by atoms with Gasteiger partial charge in [0, 0.05) is 19.5 Å². The van der Waals surface area contributed by atoms with E-state index in [0.29, 0.717) is 0 Å². The van der Waals surface area contributed by atoms with E-state index in [-0.39, 0.29) is 38.3 Å². The van der Waals surface area contributed by atoms with Gasteiger partial charge < -0.3 is 15.1 Å². The summed E-state index contributed by atoms with van der Waals surface area (Å²) in [5, 5.41) is 17.7. The zero-order chi connectivity index (χ0) is 14.1. The van der Waals surface area contributed by atoms with E-state index in [1.54, 1.807) is 5.94 Å². The molecule has 1 aromatic carbocycles. The Morgan fingerprint density at radius 1 is 1.11 bits per heavy atom. The molecule has 0 heterocycles. The van der Waals surface area contributed by atoms with Crippen molar-refractivity contribution in [3.8, 4) is 0 Å². The van der Waals surface area contributed by atoms with Gasteiger partial charge in [-0.2, -0.15) is 0 Å². The summed E-state index contributed by atoms with van der Waals surface area (Å²) in [6, 6.07) is 9.11. The number of rotatable bonds is 7. The van der Waals surface area contributed by atoms with Gasteiger partial charge in [-0.1, -0.05) is 30.3 Å². The highest BCUT2D eigenvalue weighted by atomic mass is 16.3. The van der Waals surface area contributed by atoms with E-state index in [2.05, 4.69) is 0 Å². The molecule has 5 nitrogen and oxygen atoms in total. The monoisotopic (exact) mass is 263 g/mol. The Morgan fingerprint density at radius 2 is 1.68 bits per heavy atom. The molecule has 0 aliphatic rings. The lowest BCUT2D eigenvalue weighted by molar-refractivity contribution is -0.128. The van der Waals surface area contributed by atoms with Crippen LogP contribution in [-0.2, 0) is 16.0 Å². The molecule has 0 atom stereocenters. The molecule has 2 N–H and O–H groups in total. The van der Waals surface area contributed by atoms with E-state index in [0.717, 1.165) is 5.56 Å². The van der Waals surface area contributed by atoms with E-state index in [4.69, 9.17) is 10.2 Å². The summed E-state index contributed by atoms with van der Waals surface area (Å²) >= 11 is 0. The quantitative estimate of drug-likeness (QED) is 0.527. The van der Waals surface area contributed by atoms with Crippen molar-refractivity contribution in [1.82, 2.24) is 4.90 Å². The fourth-order valence-electron chi connectivity index (χ4n) is 1.70. The summed E-state index contributed by atoms with van der Waals surface area (Å²) in [6.07, 6.45) is 0.191. The molecule has 0 saturated carbocycles. The standard InChI is InChI=1S/C14H17NO4/c16-8-6-15(7-9-17)14(19)13(11-18)10-12-4-2-1-3-5-12/h1-5,16-17H,6-10H2. The first-order chi connectivity index (χ1) is 9.22. The van der Waals surface area contributed by atoms with Crippen LogP contribution in [0.2, 0.25) is 0 Å². The van der Waals surface area contributed by atoms with Crippen LogP contribution in [0.5, 0.6) is 0 Å². The minimum Gasteiger partial charge on any atom is -0.395 e.